The van der Waals surface area contributed by atoms with E-state index < -0.39 is 0 Å². The van der Waals surface area contributed by atoms with E-state index in [1.54, 1.807) is 11.3 Å². The lowest BCUT2D eigenvalue weighted by atomic mass is 10.1. The number of fused-ring (bicyclic) bond motifs is 1. The minimum atomic E-state index is 0.748. The fourth-order valence-corrected chi connectivity index (χ4v) is 2.91. The maximum atomic E-state index is 5.91. The van der Waals surface area contributed by atoms with Crippen molar-refractivity contribution in [3.8, 4) is 0 Å². The lowest BCUT2D eigenvalue weighted by Crippen LogP contribution is -2.00. The Hall–Kier alpha value is -1.58. The standard InChI is InChI=1S/C14H11ClN2S/c15-13-6-5-11(18-13)9-17-14-12-4-2-1-3-10(12)7-8-16-14/h1-8H,9H2,(H,16,17). The zero-order valence-corrected chi connectivity index (χ0v) is 11.1. The molecule has 0 aliphatic heterocycles. The van der Waals surface area contributed by atoms with Gasteiger partial charge in [0.25, 0.3) is 0 Å². The number of rotatable bonds is 3. The molecule has 0 saturated heterocycles. The summed E-state index contributed by atoms with van der Waals surface area (Å²) in [7, 11) is 0. The zero-order chi connectivity index (χ0) is 12.4. The number of anilines is 1. The summed E-state index contributed by atoms with van der Waals surface area (Å²) in [5, 5.41) is 5.69. The lowest BCUT2D eigenvalue weighted by molar-refractivity contribution is 1.15. The minimum Gasteiger partial charge on any atom is -0.365 e. The van der Waals surface area contributed by atoms with Gasteiger partial charge in [-0.2, -0.15) is 0 Å². The van der Waals surface area contributed by atoms with E-state index in [4.69, 9.17) is 11.6 Å². The van der Waals surface area contributed by atoms with E-state index in [0.29, 0.717) is 0 Å². The first-order valence-corrected chi connectivity index (χ1v) is 6.84. The van der Waals surface area contributed by atoms with Crippen LogP contribution in [0, 0.1) is 0 Å². The Balaban J connectivity index is 1.86. The highest BCUT2D eigenvalue weighted by atomic mass is 35.5. The molecule has 0 fully saturated rings. The Kier molecular flexibility index (Phi) is 3.17. The van der Waals surface area contributed by atoms with E-state index in [1.807, 2.05) is 36.5 Å². The van der Waals surface area contributed by atoms with Gasteiger partial charge in [-0.25, -0.2) is 4.98 Å². The number of benzene rings is 1. The van der Waals surface area contributed by atoms with Crippen LogP contribution >= 0.6 is 22.9 Å². The summed E-state index contributed by atoms with van der Waals surface area (Å²) in [5.41, 5.74) is 0. The Morgan fingerprint density at radius 2 is 2.00 bits per heavy atom. The van der Waals surface area contributed by atoms with Crippen molar-refractivity contribution in [2.24, 2.45) is 0 Å². The number of pyridine rings is 1. The molecule has 0 spiro atoms. The fourth-order valence-electron chi connectivity index (χ4n) is 1.88. The van der Waals surface area contributed by atoms with Gasteiger partial charge in [-0.05, 0) is 23.6 Å². The molecule has 18 heavy (non-hydrogen) atoms. The first-order valence-electron chi connectivity index (χ1n) is 5.65. The second-order valence-corrected chi connectivity index (χ2v) is 5.74. The molecule has 90 valence electrons. The molecule has 0 unspecified atom stereocenters. The smallest absolute Gasteiger partial charge is 0.134 e. The summed E-state index contributed by atoms with van der Waals surface area (Å²) >= 11 is 7.50. The predicted molar refractivity (Wildman–Crippen MR) is 78.4 cm³/mol. The van der Waals surface area contributed by atoms with Gasteiger partial charge in [0.2, 0.25) is 0 Å². The van der Waals surface area contributed by atoms with Crippen molar-refractivity contribution < 1.29 is 0 Å². The summed E-state index contributed by atoms with van der Waals surface area (Å²) < 4.78 is 0.817. The number of aromatic nitrogens is 1. The van der Waals surface area contributed by atoms with Gasteiger partial charge in [0, 0.05) is 16.5 Å². The van der Waals surface area contributed by atoms with Crippen LogP contribution in [-0.2, 0) is 6.54 Å². The number of nitrogens with one attached hydrogen (secondary N) is 1. The molecule has 2 heterocycles. The third kappa shape index (κ3) is 2.33. The average molecular weight is 275 g/mol. The SMILES string of the molecule is Clc1ccc(CNc2nccc3ccccc23)s1. The first-order chi connectivity index (χ1) is 8.83. The lowest BCUT2D eigenvalue weighted by Gasteiger charge is -2.07. The molecule has 3 rings (SSSR count). The van der Waals surface area contributed by atoms with Crippen LogP contribution in [-0.4, -0.2) is 4.98 Å². The molecule has 0 bridgehead atoms. The Bertz CT molecular complexity index is 673. The molecule has 4 heteroatoms. The van der Waals surface area contributed by atoms with Gasteiger partial charge in [-0.15, -0.1) is 11.3 Å². The molecule has 0 atom stereocenters. The van der Waals surface area contributed by atoms with Crippen molar-refractivity contribution in [1.82, 2.24) is 4.98 Å². The molecular formula is C14H11ClN2S. The monoisotopic (exact) mass is 274 g/mol. The van der Waals surface area contributed by atoms with Crippen LogP contribution in [0.3, 0.4) is 0 Å². The van der Waals surface area contributed by atoms with Crippen molar-refractivity contribution in [2.45, 2.75) is 6.54 Å². The Morgan fingerprint density at radius 3 is 2.83 bits per heavy atom. The summed E-state index contributed by atoms with van der Waals surface area (Å²) in [4.78, 5) is 5.59. The van der Waals surface area contributed by atoms with Crippen LogP contribution in [0.2, 0.25) is 4.34 Å². The quantitative estimate of drug-likeness (QED) is 0.757. The van der Waals surface area contributed by atoms with Gasteiger partial charge in [-0.1, -0.05) is 35.9 Å². The van der Waals surface area contributed by atoms with Gasteiger partial charge >= 0.3 is 0 Å². The zero-order valence-electron chi connectivity index (χ0n) is 9.56. The average Bonchev–Trinajstić information content (AvgIpc) is 2.82. The molecule has 0 aliphatic carbocycles. The normalized spacial score (nSPS) is 10.7. The molecule has 3 aromatic rings. The van der Waals surface area contributed by atoms with Crippen molar-refractivity contribution in [3.63, 3.8) is 0 Å². The van der Waals surface area contributed by atoms with Crippen LogP contribution in [0.5, 0.6) is 0 Å². The van der Waals surface area contributed by atoms with Gasteiger partial charge in [0.1, 0.15) is 5.82 Å². The van der Waals surface area contributed by atoms with E-state index in [9.17, 15) is 0 Å². The third-order valence-electron chi connectivity index (χ3n) is 2.73. The van der Waals surface area contributed by atoms with Crippen LogP contribution < -0.4 is 5.32 Å². The van der Waals surface area contributed by atoms with E-state index in [0.717, 1.165) is 22.1 Å². The first kappa shape index (κ1) is 11.5. The van der Waals surface area contributed by atoms with Crippen molar-refractivity contribution >= 4 is 39.5 Å². The molecule has 0 aliphatic rings. The summed E-state index contributed by atoms with van der Waals surface area (Å²) in [6.07, 6.45) is 1.83. The van der Waals surface area contributed by atoms with E-state index in [2.05, 4.69) is 22.4 Å². The molecule has 0 radical (unpaired) electrons. The summed E-state index contributed by atoms with van der Waals surface area (Å²) in [5.74, 6) is 0.914. The summed E-state index contributed by atoms with van der Waals surface area (Å²) in [6, 6.07) is 14.2. The summed E-state index contributed by atoms with van der Waals surface area (Å²) in [6.45, 7) is 0.748. The van der Waals surface area contributed by atoms with Crippen LogP contribution in [0.4, 0.5) is 5.82 Å². The van der Waals surface area contributed by atoms with Crippen LogP contribution in [0.15, 0.2) is 48.7 Å². The molecule has 2 aromatic heterocycles. The van der Waals surface area contributed by atoms with E-state index in [-0.39, 0.29) is 0 Å². The van der Waals surface area contributed by atoms with Gasteiger partial charge in [-0.3, -0.25) is 0 Å². The number of halogens is 1. The maximum absolute atomic E-state index is 5.91. The topological polar surface area (TPSA) is 24.9 Å². The molecule has 1 aromatic carbocycles. The van der Waals surface area contributed by atoms with Crippen LogP contribution in [0.25, 0.3) is 10.8 Å². The number of nitrogens with zero attached hydrogens (tertiary/aromatic N) is 1. The largest absolute Gasteiger partial charge is 0.365 e. The van der Waals surface area contributed by atoms with Crippen molar-refractivity contribution in [2.75, 3.05) is 5.32 Å². The van der Waals surface area contributed by atoms with Crippen LogP contribution in [0.1, 0.15) is 4.88 Å². The molecule has 2 nitrogen and oxygen atoms in total. The Morgan fingerprint density at radius 1 is 1.11 bits per heavy atom. The second-order valence-electron chi connectivity index (χ2n) is 3.94. The Labute approximate surface area is 114 Å². The van der Waals surface area contributed by atoms with Gasteiger partial charge in [0.15, 0.2) is 0 Å². The molecule has 0 amide bonds. The molecular weight excluding hydrogens is 264 g/mol. The number of thiophene rings is 1. The van der Waals surface area contributed by atoms with E-state index in [1.165, 1.54) is 10.3 Å². The molecule has 0 saturated carbocycles. The second kappa shape index (κ2) is 4.96. The van der Waals surface area contributed by atoms with E-state index >= 15 is 0 Å². The van der Waals surface area contributed by atoms with Crippen molar-refractivity contribution in [1.29, 1.82) is 0 Å². The highest BCUT2D eigenvalue weighted by Crippen LogP contribution is 2.24. The fraction of sp³-hybridized carbons (Fsp3) is 0.0714. The number of hydrogen-bond donors (Lipinski definition) is 1. The highest BCUT2D eigenvalue weighted by molar-refractivity contribution is 7.16. The number of hydrogen-bond acceptors (Lipinski definition) is 3. The van der Waals surface area contributed by atoms with Crippen molar-refractivity contribution in [3.05, 3.63) is 57.9 Å². The third-order valence-corrected chi connectivity index (χ3v) is 3.96. The predicted octanol–water partition coefficient (Wildman–Crippen LogP) is 4.56. The molecule has 1 N–H and O–H groups in total. The highest BCUT2D eigenvalue weighted by Gasteiger charge is 2.02. The minimum absolute atomic E-state index is 0.748. The van der Waals surface area contributed by atoms with Gasteiger partial charge in [0.05, 0.1) is 10.9 Å². The van der Waals surface area contributed by atoms with Gasteiger partial charge < -0.3 is 5.32 Å². The maximum Gasteiger partial charge on any atom is 0.134 e.